The Kier molecular flexibility index (Phi) is 7.98. The van der Waals surface area contributed by atoms with Crippen molar-refractivity contribution in [3.05, 3.63) is 54.1 Å². The molecule has 140 valence electrons. The molecule has 0 aliphatic heterocycles. The number of carbonyl (C=O) groups excluding carboxylic acids is 1. The first-order valence-electron chi connectivity index (χ1n) is 7.56. The highest BCUT2D eigenvalue weighted by molar-refractivity contribution is 5.94. The maximum Gasteiger partial charge on any atom is 0.287 e. The van der Waals surface area contributed by atoms with Gasteiger partial charge in [-0.05, 0) is 35.4 Å². The molecule has 0 saturated carbocycles. The predicted octanol–water partition coefficient (Wildman–Crippen LogP) is 2.23. The topological polar surface area (TPSA) is 110 Å². The Labute approximate surface area is 162 Å². The molecule has 3 rings (SSSR count). The third-order valence-corrected chi connectivity index (χ3v) is 3.70. The van der Waals surface area contributed by atoms with Gasteiger partial charge < -0.3 is 21.8 Å². The van der Waals surface area contributed by atoms with Gasteiger partial charge >= 0.3 is 0 Å². The van der Waals surface area contributed by atoms with Crippen molar-refractivity contribution < 1.29 is 9.18 Å². The van der Waals surface area contributed by atoms with Crippen LogP contribution in [-0.2, 0) is 0 Å². The largest absolute Gasteiger partial charge is 0.348 e. The molecule has 26 heavy (non-hydrogen) atoms. The molecule has 0 fully saturated rings. The number of benzene rings is 2. The van der Waals surface area contributed by atoms with Crippen LogP contribution in [0.25, 0.3) is 22.2 Å². The molecule has 3 aromatic rings. The molecular formula is C17H20Cl2FN5O. The Morgan fingerprint density at radius 2 is 1.81 bits per heavy atom. The SMILES string of the molecule is Cl.Cl.NC[C@H](N)CNC(=O)c1nc2cc(-c3ccc(F)cc3)ccc2[nH]1. The molecule has 6 nitrogen and oxygen atoms in total. The highest BCUT2D eigenvalue weighted by atomic mass is 35.5. The van der Waals surface area contributed by atoms with Crippen molar-refractivity contribution in [3.63, 3.8) is 0 Å². The summed E-state index contributed by atoms with van der Waals surface area (Å²) in [6.45, 7) is 0.578. The van der Waals surface area contributed by atoms with Gasteiger partial charge in [0.25, 0.3) is 5.91 Å². The molecule has 0 saturated heterocycles. The highest BCUT2D eigenvalue weighted by Crippen LogP contribution is 2.23. The molecule has 0 spiro atoms. The minimum absolute atomic E-state index is 0. The van der Waals surface area contributed by atoms with E-state index in [1.807, 2.05) is 18.2 Å². The first-order chi connectivity index (χ1) is 11.6. The summed E-state index contributed by atoms with van der Waals surface area (Å²) in [6.07, 6.45) is 0. The zero-order valence-corrected chi connectivity index (χ0v) is 15.4. The van der Waals surface area contributed by atoms with E-state index in [1.165, 1.54) is 12.1 Å². The molecule has 0 aliphatic carbocycles. The fourth-order valence-corrected chi connectivity index (χ4v) is 2.33. The third kappa shape index (κ3) is 4.92. The van der Waals surface area contributed by atoms with Crippen molar-refractivity contribution in [2.75, 3.05) is 13.1 Å². The van der Waals surface area contributed by atoms with Crippen LogP contribution < -0.4 is 16.8 Å². The normalized spacial score (nSPS) is 11.3. The number of nitrogens with zero attached hydrogens (tertiary/aromatic N) is 1. The van der Waals surface area contributed by atoms with E-state index in [0.29, 0.717) is 12.1 Å². The van der Waals surface area contributed by atoms with Crippen molar-refractivity contribution in [3.8, 4) is 11.1 Å². The van der Waals surface area contributed by atoms with E-state index in [0.717, 1.165) is 16.6 Å². The number of hydrogen-bond acceptors (Lipinski definition) is 4. The second kappa shape index (κ2) is 9.49. The standard InChI is InChI=1S/C17H18FN5O.2ClH/c18-12-4-1-10(2-5-12)11-3-6-14-15(7-11)23-16(22-14)17(24)21-9-13(20)8-19;;/h1-7,13H,8-9,19-20H2,(H,21,24)(H,22,23);2*1H/t13-;;/m0../s1. The van der Waals surface area contributed by atoms with Gasteiger partial charge in [-0.15, -0.1) is 24.8 Å². The fraction of sp³-hybridized carbons (Fsp3) is 0.176. The van der Waals surface area contributed by atoms with Crippen LogP contribution in [0.5, 0.6) is 0 Å². The van der Waals surface area contributed by atoms with E-state index < -0.39 is 0 Å². The monoisotopic (exact) mass is 399 g/mol. The summed E-state index contributed by atoms with van der Waals surface area (Å²) in [4.78, 5) is 19.4. The second-order valence-electron chi connectivity index (χ2n) is 5.53. The summed E-state index contributed by atoms with van der Waals surface area (Å²) in [5.74, 6) is -0.404. The van der Waals surface area contributed by atoms with Gasteiger partial charge in [0.05, 0.1) is 11.0 Å². The lowest BCUT2D eigenvalue weighted by molar-refractivity contribution is 0.0942. The summed E-state index contributed by atoms with van der Waals surface area (Å²) in [5.41, 5.74) is 14.3. The van der Waals surface area contributed by atoms with Gasteiger partial charge in [0.2, 0.25) is 0 Å². The van der Waals surface area contributed by atoms with Gasteiger partial charge in [0.1, 0.15) is 5.82 Å². The molecule has 1 heterocycles. The van der Waals surface area contributed by atoms with Crippen LogP contribution in [-0.4, -0.2) is 35.0 Å². The van der Waals surface area contributed by atoms with Crippen LogP contribution in [0, 0.1) is 5.82 Å². The Morgan fingerprint density at radius 3 is 2.46 bits per heavy atom. The van der Waals surface area contributed by atoms with E-state index in [-0.39, 0.29) is 54.9 Å². The van der Waals surface area contributed by atoms with Crippen LogP contribution in [0.15, 0.2) is 42.5 Å². The number of hydrogen-bond donors (Lipinski definition) is 4. The van der Waals surface area contributed by atoms with Crippen molar-refractivity contribution in [1.82, 2.24) is 15.3 Å². The van der Waals surface area contributed by atoms with Crippen molar-refractivity contribution >= 4 is 41.8 Å². The highest BCUT2D eigenvalue weighted by Gasteiger charge is 2.13. The van der Waals surface area contributed by atoms with Gasteiger partial charge in [0, 0.05) is 19.1 Å². The third-order valence-electron chi connectivity index (χ3n) is 3.70. The number of amides is 1. The number of halogens is 3. The van der Waals surface area contributed by atoms with E-state index in [2.05, 4.69) is 15.3 Å². The molecule has 1 atom stereocenters. The van der Waals surface area contributed by atoms with E-state index in [4.69, 9.17) is 11.5 Å². The number of H-pyrrole nitrogens is 1. The molecular weight excluding hydrogens is 380 g/mol. The molecule has 0 bridgehead atoms. The summed E-state index contributed by atoms with van der Waals surface area (Å²) >= 11 is 0. The first kappa shape index (κ1) is 21.9. The Balaban J connectivity index is 0.00000169. The zero-order valence-electron chi connectivity index (χ0n) is 13.7. The molecule has 1 aromatic heterocycles. The van der Waals surface area contributed by atoms with Gasteiger partial charge in [-0.25, -0.2) is 9.37 Å². The lowest BCUT2D eigenvalue weighted by Crippen LogP contribution is -2.42. The van der Waals surface area contributed by atoms with Crippen molar-refractivity contribution in [1.29, 1.82) is 0 Å². The quantitative estimate of drug-likeness (QED) is 0.527. The number of aromatic nitrogens is 2. The molecule has 0 unspecified atom stereocenters. The average molecular weight is 400 g/mol. The van der Waals surface area contributed by atoms with Crippen LogP contribution in [0.4, 0.5) is 4.39 Å². The van der Waals surface area contributed by atoms with Crippen LogP contribution in [0.2, 0.25) is 0 Å². The number of nitrogens with two attached hydrogens (primary N) is 2. The molecule has 9 heteroatoms. The van der Waals surface area contributed by atoms with Gasteiger partial charge in [0.15, 0.2) is 5.82 Å². The lowest BCUT2D eigenvalue weighted by Gasteiger charge is -2.08. The van der Waals surface area contributed by atoms with Crippen LogP contribution in [0.1, 0.15) is 10.6 Å². The predicted molar refractivity (Wildman–Crippen MR) is 105 cm³/mol. The average Bonchev–Trinajstić information content (AvgIpc) is 3.03. The number of nitrogens with one attached hydrogen (secondary N) is 2. The Morgan fingerprint density at radius 1 is 1.15 bits per heavy atom. The summed E-state index contributed by atoms with van der Waals surface area (Å²) in [7, 11) is 0. The molecule has 6 N–H and O–H groups in total. The molecule has 0 radical (unpaired) electrons. The molecule has 0 aliphatic rings. The molecule has 2 aromatic carbocycles. The van der Waals surface area contributed by atoms with Gasteiger partial charge in [-0.3, -0.25) is 4.79 Å². The number of fused-ring (bicyclic) bond motifs is 1. The number of rotatable bonds is 5. The Hall–Kier alpha value is -2.19. The smallest absolute Gasteiger partial charge is 0.287 e. The second-order valence-corrected chi connectivity index (χ2v) is 5.53. The fourth-order valence-electron chi connectivity index (χ4n) is 2.33. The minimum atomic E-state index is -0.335. The van der Waals surface area contributed by atoms with Crippen LogP contribution >= 0.6 is 24.8 Å². The first-order valence-corrected chi connectivity index (χ1v) is 7.56. The van der Waals surface area contributed by atoms with Gasteiger partial charge in [-0.1, -0.05) is 18.2 Å². The maximum atomic E-state index is 13.0. The zero-order chi connectivity index (χ0) is 17.1. The Bertz CT molecular complexity index is 869. The number of aromatic amines is 1. The lowest BCUT2D eigenvalue weighted by atomic mass is 10.1. The van der Waals surface area contributed by atoms with E-state index >= 15 is 0 Å². The van der Waals surface area contributed by atoms with Crippen molar-refractivity contribution in [2.45, 2.75) is 6.04 Å². The van der Waals surface area contributed by atoms with E-state index in [9.17, 15) is 9.18 Å². The number of carbonyl (C=O) groups is 1. The number of imidazole rings is 1. The summed E-state index contributed by atoms with van der Waals surface area (Å²) < 4.78 is 13.0. The maximum absolute atomic E-state index is 13.0. The summed E-state index contributed by atoms with van der Waals surface area (Å²) in [6, 6.07) is 11.5. The van der Waals surface area contributed by atoms with Crippen LogP contribution in [0.3, 0.4) is 0 Å². The summed E-state index contributed by atoms with van der Waals surface area (Å²) in [5, 5.41) is 2.68. The van der Waals surface area contributed by atoms with Gasteiger partial charge in [-0.2, -0.15) is 0 Å². The minimum Gasteiger partial charge on any atom is -0.348 e. The van der Waals surface area contributed by atoms with Crippen molar-refractivity contribution in [2.24, 2.45) is 11.5 Å². The van der Waals surface area contributed by atoms with E-state index in [1.54, 1.807) is 12.1 Å². The molecule has 1 amide bonds.